The van der Waals surface area contributed by atoms with Crippen LogP contribution < -0.4 is 10.6 Å². The number of H-pyrrole nitrogens is 1. The molecule has 3 heterocycles. The maximum Gasteiger partial charge on any atom is 0.333 e. The molecule has 4 aromatic rings. The SMILES string of the molecule is O=C1CN(c2cccc(O)c2)c2[nH]c(=O)n3c(nc4ccccc43)c21. The maximum atomic E-state index is 12.7. The molecule has 0 saturated carbocycles. The largest absolute Gasteiger partial charge is 0.508 e. The molecule has 0 fully saturated rings. The molecule has 0 unspecified atom stereocenters. The van der Waals surface area contributed by atoms with Crippen molar-refractivity contribution in [2.24, 2.45) is 0 Å². The van der Waals surface area contributed by atoms with E-state index in [1.807, 2.05) is 12.1 Å². The number of anilines is 2. The topological polar surface area (TPSA) is 90.7 Å². The van der Waals surface area contributed by atoms with Crippen LogP contribution in [-0.4, -0.2) is 31.8 Å². The number of imidazole rings is 1. The minimum Gasteiger partial charge on any atom is -0.508 e. The molecule has 5 rings (SSSR count). The Kier molecular flexibility index (Phi) is 2.59. The Morgan fingerprint density at radius 1 is 1.08 bits per heavy atom. The lowest BCUT2D eigenvalue weighted by Gasteiger charge is -2.18. The van der Waals surface area contributed by atoms with Crippen LogP contribution in [-0.2, 0) is 0 Å². The van der Waals surface area contributed by atoms with Gasteiger partial charge in [-0.3, -0.25) is 9.78 Å². The average Bonchev–Trinajstić information content (AvgIpc) is 3.13. The number of phenols is 1. The van der Waals surface area contributed by atoms with Crippen LogP contribution in [0.5, 0.6) is 5.75 Å². The van der Waals surface area contributed by atoms with Gasteiger partial charge < -0.3 is 10.0 Å². The first-order chi connectivity index (χ1) is 12.1. The highest BCUT2D eigenvalue weighted by Crippen LogP contribution is 2.35. The number of ketones is 1. The summed E-state index contributed by atoms with van der Waals surface area (Å²) < 4.78 is 1.43. The molecule has 0 atom stereocenters. The lowest BCUT2D eigenvalue weighted by molar-refractivity contribution is 0.101. The summed E-state index contributed by atoms with van der Waals surface area (Å²) in [5.74, 6) is 0.367. The number of rotatable bonds is 1. The standard InChI is InChI=1S/C18H12N4O3/c23-11-5-3-4-10(8-11)21-9-14(24)15-16(21)20-18(25)22-13-7-2-1-6-12(13)19-17(15)22/h1-8,23H,9H2,(H,20,25). The number of aromatic amines is 1. The number of phenolic OH excluding ortho intramolecular Hbond substituents is 1. The molecule has 2 aromatic heterocycles. The first-order valence-corrected chi connectivity index (χ1v) is 7.77. The molecule has 7 heteroatoms. The van der Waals surface area contributed by atoms with Gasteiger partial charge >= 0.3 is 5.69 Å². The van der Waals surface area contributed by atoms with Crippen molar-refractivity contribution in [1.82, 2.24) is 14.4 Å². The fraction of sp³-hybridized carbons (Fsp3) is 0.0556. The van der Waals surface area contributed by atoms with Crippen molar-refractivity contribution >= 4 is 34.0 Å². The van der Waals surface area contributed by atoms with Gasteiger partial charge in [0.15, 0.2) is 11.4 Å². The Hall–Kier alpha value is -3.61. The summed E-state index contributed by atoms with van der Waals surface area (Å²) in [6.45, 7) is 0.0810. The number of nitrogens with one attached hydrogen (secondary N) is 1. The summed E-state index contributed by atoms with van der Waals surface area (Å²) >= 11 is 0. The van der Waals surface area contributed by atoms with Gasteiger partial charge in [-0.25, -0.2) is 14.2 Å². The van der Waals surface area contributed by atoms with E-state index in [1.54, 1.807) is 41.3 Å². The van der Waals surface area contributed by atoms with Gasteiger partial charge in [-0.15, -0.1) is 0 Å². The van der Waals surface area contributed by atoms with E-state index in [0.717, 1.165) is 0 Å². The number of nitrogens with zero attached hydrogens (tertiary/aromatic N) is 3. The van der Waals surface area contributed by atoms with Gasteiger partial charge in [0.1, 0.15) is 17.1 Å². The molecule has 7 nitrogen and oxygen atoms in total. The lowest BCUT2D eigenvalue weighted by atomic mass is 10.2. The molecule has 122 valence electrons. The quantitative estimate of drug-likeness (QED) is 0.558. The molecule has 0 aliphatic carbocycles. The summed E-state index contributed by atoms with van der Waals surface area (Å²) in [5, 5.41) is 9.71. The molecular weight excluding hydrogens is 320 g/mol. The second kappa shape index (κ2) is 4.70. The first-order valence-electron chi connectivity index (χ1n) is 7.77. The minimum absolute atomic E-state index is 0.0810. The van der Waals surface area contributed by atoms with Crippen LogP contribution in [0.3, 0.4) is 0 Å². The van der Waals surface area contributed by atoms with Crippen LogP contribution in [0.4, 0.5) is 11.5 Å². The number of fused-ring (bicyclic) bond motifs is 5. The van der Waals surface area contributed by atoms with E-state index in [9.17, 15) is 14.7 Å². The van der Waals surface area contributed by atoms with Gasteiger partial charge in [-0.05, 0) is 24.3 Å². The summed E-state index contributed by atoms with van der Waals surface area (Å²) in [4.78, 5) is 34.3. The van der Waals surface area contributed by atoms with Crippen molar-refractivity contribution in [2.45, 2.75) is 0 Å². The molecule has 0 amide bonds. The molecule has 2 aromatic carbocycles. The Morgan fingerprint density at radius 2 is 1.92 bits per heavy atom. The van der Waals surface area contributed by atoms with Crippen LogP contribution in [0.1, 0.15) is 10.4 Å². The van der Waals surface area contributed by atoms with E-state index >= 15 is 0 Å². The third kappa shape index (κ3) is 1.83. The van der Waals surface area contributed by atoms with Crippen molar-refractivity contribution in [3.8, 4) is 5.75 Å². The first kappa shape index (κ1) is 13.8. The number of aromatic hydroxyl groups is 1. The van der Waals surface area contributed by atoms with Crippen LogP contribution in [0, 0.1) is 0 Å². The average molecular weight is 332 g/mol. The molecule has 0 bridgehead atoms. The van der Waals surface area contributed by atoms with Gasteiger partial charge in [-0.1, -0.05) is 18.2 Å². The number of hydrogen-bond donors (Lipinski definition) is 2. The third-order valence-electron chi connectivity index (χ3n) is 4.44. The molecular formula is C18H12N4O3. The van der Waals surface area contributed by atoms with Crippen molar-refractivity contribution in [3.05, 3.63) is 64.6 Å². The van der Waals surface area contributed by atoms with Crippen LogP contribution in [0.25, 0.3) is 16.7 Å². The van der Waals surface area contributed by atoms with E-state index in [1.165, 1.54) is 4.40 Å². The zero-order valence-corrected chi connectivity index (χ0v) is 12.9. The fourth-order valence-electron chi connectivity index (χ4n) is 3.37. The molecule has 0 spiro atoms. The Balaban J connectivity index is 1.85. The third-order valence-corrected chi connectivity index (χ3v) is 4.44. The summed E-state index contributed by atoms with van der Waals surface area (Å²) in [6, 6.07) is 13.8. The normalized spacial score (nSPS) is 13.8. The van der Waals surface area contributed by atoms with E-state index in [2.05, 4.69) is 9.97 Å². The summed E-state index contributed by atoms with van der Waals surface area (Å²) in [6.07, 6.45) is 0. The summed E-state index contributed by atoms with van der Waals surface area (Å²) in [7, 11) is 0. The van der Waals surface area contributed by atoms with Crippen molar-refractivity contribution in [3.63, 3.8) is 0 Å². The minimum atomic E-state index is -0.359. The number of Topliss-reactive ketones (excluding diaryl/α,β-unsaturated/α-hetero) is 1. The molecule has 1 aliphatic heterocycles. The number of carbonyl (C=O) groups is 1. The fourth-order valence-corrected chi connectivity index (χ4v) is 3.37. The number of hydrogen-bond acceptors (Lipinski definition) is 5. The highest BCUT2D eigenvalue weighted by atomic mass is 16.3. The molecule has 2 N–H and O–H groups in total. The lowest BCUT2D eigenvalue weighted by Crippen LogP contribution is -2.21. The molecule has 25 heavy (non-hydrogen) atoms. The second-order valence-corrected chi connectivity index (χ2v) is 5.94. The van der Waals surface area contributed by atoms with Crippen molar-refractivity contribution in [2.75, 3.05) is 11.4 Å². The van der Waals surface area contributed by atoms with E-state index in [4.69, 9.17) is 0 Å². The summed E-state index contributed by atoms with van der Waals surface area (Å²) in [5.41, 5.74) is 2.33. The van der Waals surface area contributed by atoms with Crippen LogP contribution >= 0.6 is 0 Å². The van der Waals surface area contributed by atoms with Crippen molar-refractivity contribution in [1.29, 1.82) is 0 Å². The Bertz CT molecular complexity index is 1240. The number of benzene rings is 2. The predicted molar refractivity (Wildman–Crippen MR) is 92.8 cm³/mol. The maximum absolute atomic E-state index is 12.7. The number of carbonyl (C=O) groups excluding carboxylic acids is 1. The van der Waals surface area contributed by atoms with Gasteiger partial charge in [0.05, 0.1) is 17.6 Å². The van der Waals surface area contributed by atoms with Crippen molar-refractivity contribution < 1.29 is 9.90 Å². The van der Waals surface area contributed by atoms with Crippen LogP contribution in [0.15, 0.2) is 53.3 Å². The Labute approximate surface area is 140 Å². The van der Waals surface area contributed by atoms with Crippen LogP contribution in [0.2, 0.25) is 0 Å². The number of para-hydroxylation sites is 2. The highest BCUT2D eigenvalue weighted by molar-refractivity contribution is 6.14. The van der Waals surface area contributed by atoms with E-state index < -0.39 is 0 Å². The molecule has 0 radical (unpaired) electrons. The Morgan fingerprint density at radius 3 is 2.76 bits per heavy atom. The van der Waals surface area contributed by atoms with Gasteiger partial charge in [0, 0.05) is 11.8 Å². The predicted octanol–water partition coefficient (Wildman–Crippen LogP) is 2.22. The highest BCUT2D eigenvalue weighted by Gasteiger charge is 2.33. The monoisotopic (exact) mass is 332 g/mol. The smallest absolute Gasteiger partial charge is 0.333 e. The zero-order valence-electron chi connectivity index (χ0n) is 12.9. The molecule has 0 saturated heterocycles. The van der Waals surface area contributed by atoms with Gasteiger partial charge in [0.25, 0.3) is 0 Å². The van der Waals surface area contributed by atoms with E-state index in [-0.39, 0.29) is 23.8 Å². The zero-order chi connectivity index (χ0) is 17.1. The van der Waals surface area contributed by atoms with Gasteiger partial charge in [0.2, 0.25) is 0 Å². The second-order valence-electron chi connectivity index (χ2n) is 5.94. The van der Waals surface area contributed by atoms with E-state index in [0.29, 0.717) is 33.7 Å². The molecule has 1 aliphatic rings. The number of aromatic nitrogens is 3. The van der Waals surface area contributed by atoms with Gasteiger partial charge in [-0.2, -0.15) is 0 Å².